The van der Waals surface area contributed by atoms with Gasteiger partial charge in [-0.15, -0.1) is 6.58 Å². The third-order valence-electron chi connectivity index (χ3n) is 4.62. The minimum Gasteiger partial charge on any atom is -0.318 e. The molecule has 1 aromatic carbocycles. The maximum atomic E-state index is 6.59. The van der Waals surface area contributed by atoms with Gasteiger partial charge >= 0.3 is 0 Å². The Morgan fingerprint density at radius 2 is 1.52 bits per heavy atom. The molecule has 1 heteroatoms. The quantitative estimate of drug-likeness (QED) is 0.524. The number of benzene rings is 1. The number of hydrogen-bond donors (Lipinski definition) is 1. The second-order valence-corrected chi connectivity index (χ2v) is 7.44. The summed E-state index contributed by atoms with van der Waals surface area (Å²) in [5, 5.41) is 0. The molecule has 2 N–H and O–H groups in total. The molecule has 0 aliphatic carbocycles. The molecule has 0 amide bonds. The van der Waals surface area contributed by atoms with E-state index < -0.39 is 5.54 Å². The zero-order chi connectivity index (χ0) is 17.8. The van der Waals surface area contributed by atoms with Gasteiger partial charge in [-0.25, -0.2) is 0 Å². The van der Waals surface area contributed by atoms with Crippen LogP contribution in [0.25, 0.3) is 5.57 Å². The van der Waals surface area contributed by atoms with Gasteiger partial charge in [0.25, 0.3) is 0 Å². The summed E-state index contributed by atoms with van der Waals surface area (Å²) in [5.74, 6) is 0. The molecule has 0 aromatic heterocycles. The second-order valence-electron chi connectivity index (χ2n) is 7.44. The number of rotatable bonds is 5. The van der Waals surface area contributed by atoms with Crippen molar-refractivity contribution in [3.05, 3.63) is 77.9 Å². The fraction of sp³-hybridized carbons (Fsp3) is 0.364. The lowest BCUT2D eigenvalue weighted by molar-refractivity contribution is 0.244. The van der Waals surface area contributed by atoms with Crippen LogP contribution in [-0.4, -0.2) is 0 Å². The van der Waals surface area contributed by atoms with Crippen LogP contribution in [0.3, 0.4) is 0 Å². The van der Waals surface area contributed by atoms with Crippen molar-refractivity contribution in [2.75, 3.05) is 0 Å². The number of hydrogen-bond acceptors (Lipinski definition) is 1. The van der Waals surface area contributed by atoms with Crippen molar-refractivity contribution in [3.8, 4) is 0 Å². The zero-order valence-corrected chi connectivity index (χ0v) is 15.5. The first kappa shape index (κ1) is 19.2. The van der Waals surface area contributed by atoms with Crippen LogP contribution in [0, 0.1) is 5.41 Å². The summed E-state index contributed by atoms with van der Waals surface area (Å²) in [7, 11) is 0. The van der Waals surface area contributed by atoms with E-state index >= 15 is 0 Å². The van der Waals surface area contributed by atoms with Crippen LogP contribution in [0.2, 0.25) is 0 Å². The first-order valence-corrected chi connectivity index (χ1v) is 8.07. The number of nitrogens with two attached hydrogens (primary N) is 1. The third kappa shape index (κ3) is 4.33. The molecule has 0 heterocycles. The molecule has 1 nitrogen and oxygen atoms in total. The van der Waals surface area contributed by atoms with Crippen molar-refractivity contribution < 1.29 is 0 Å². The molecule has 0 saturated heterocycles. The van der Waals surface area contributed by atoms with Gasteiger partial charge in [-0.3, -0.25) is 0 Å². The standard InChI is InChI=1S/C22H31N/c1-9-22(23,21(6,7)8)20-14-12-19(13-15-20)18(5)11-10-17(4)16(2)3/h9-15H,1,5,23H2,2-4,6-8H3/b11-10-. The molecule has 0 aliphatic heterocycles. The van der Waals surface area contributed by atoms with Crippen molar-refractivity contribution in [1.29, 1.82) is 0 Å². The van der Waals surface area contributed by atoms with Crippen LogP contribution < -0.4 is 5.73 Å². The van der Waals surface area contributed by atoms with E-state index in [2.05, 4.69) is 91.1 Å². The summed E-state index contributed by atoms with van der Waals surface area (Å²) >= 11 is 0. The van der Waals surface area contributed by atoms with E-state index in [1.165, 1.54) is 11.1 Å². The Labute approximate surface area is 142 Å². The van der Waals surface area contributed by atoms with Crippen molar-refractivity contribution >= 4 is 5.57 Å². The third-order valence-corrected chi connectivity index (χ3v) is 4.62. The SMILES string of the molecule is C=CC(N)(c1ccc(C(=C)/C=C\C(C)=C(C)C)cc1)C(C)(C)C. The Morgan fingerprint density at radius 1 is 1.00 bits per heavy atom. The van der Waals surface area contributed by atoms with E-state index in [1.807, 2.05) is 6.08 Å². The molecule has 0 bridgehead atoms. The molecular formula is C22H31N. The van der Waals surface area contributed by atoms with Gasteiger partial charge in [0, 0.05) is 0 Å². The van der Waals surface area contributed by atoms with Crippen LogP contribution in [-0.2, 0) is 5.54 Å². The Hall–Kier alpha value is -1.86. The molecule has 0 saturated carbocycles. The summed E-state index contributed by atoms with van der Waals surface area (Å²) in [6.45, 7) is 20.8. The summed E-state index contributed by atoms with van der Waals surface area (Å²) in [6, 6.07) is 8.32. The van der Waals surface area contributed by atoms with E-state index in [-0.39, 0.29) is 5.41 Å². The minimum absolute atomic E-state index is 0.103. The predicted molar refractivity (Wildman–Crippen MR) is 104 cm³/mol. The Balaban J connectivity index is 3.08. The fourth-order valence-corrected chi connectivity index (χ4v) is 2.31. The predicted octanol–water partition coefficient (Wildman–Crippen LogP) is 6.00. The van der Waals surface area contributed by atoms with Crippen LogP contribution in [0.15, 0.2) is 66.8 Å². The molecule has 0 spiro atoms. The van der Waals surface area contributed by atoms with Gasteiger partial charge in [0.05, 0.1) is 5.54 Å². The molecular weight excluding hydrogens is 278 g/mol. The van der Waals surface area contributed by atoms with Gasteiger partial charge in [-0.1, -0.05) is 81.0 Å². The smallest absolute Gasteiger partial charge is 0.0641 e. The van der Waals surface area contributed by atoms with Crippen molar-refractivity contribution in [1.82, 2.24) is 0 Å². The maximum Gasteiger partial charge on any atom is 0.0641 e. The minimum atomic E-state index is -0.554. The monoisotopic (exact) mass is 309 g/mol. The van der Waals surface area contributed by atoms with Crippen molar-refractivity contribution in [3.63, 3.8) is 0 Å². The highest BCUT2D eigenvalue weighted by atomic mass is 14.8. The van der Waals surface area contributed by atoms with Crippen molar-refractivity contribution in [2.24, 2.45) is 11.1 Å². The topological polar surface area (TPSA) is 26.0 Å². The molecule has 1 aromatic rings. The van der Waals surface area contributed by atoms with Gasteiger partial charge in [0.2, 0.25) is 0 Å². The summed E-state index contributed by atoms with van der Waals surface area (Å²) in [4.78, 5) is 0. The van der Waals surface area contributed by atoms with E-state index in [9.17, 15) is 0 Å². The molecule has 1 rings (SSSR count). The summed E-state index contributed by atoms with van der Waals surface area (Å²) in [6.07, 6.45) is 6.01. The highest BCUT2D eigenvalue weighted by Crippen LogP contribution is 2.38. The van der Waals surface area contributed by atoms with E-state index in [4.69, 9.17) is 5.73 Å². The molecule has 1 atom stereocenters. The lowest BCUT2D eigenvalue weighted by Crippen LogP contribution is -2.46. The van der Waals surface area contributed by atoms with Crippen LogP contribution in [0.1, 0.15) is 52.7 Å². The molecule has 0 radical (unpaired) electrons. The zero-order valence-electron chi connectivity index (χ0n) is 15.5. The number of allylic oxidation sites excluding steroid dienone is 5. The van der Waals surface area contributed by atoms with Gasteiger partial charge in [-0.2, -0.15) is 0 Å². The van der Waals surface area contributed by atoms with Crippen LogP contribution >= 0.6 is 0 Å². The first-order chi connectivity index (χ1) is 10.5. The lowest BCUT2D eigenvalue weighted by atomic mass is 9.70. The molecule has 23 heavy (non-hydrogen) atoms. The summed E-state index contributed by atoms with van der Waals surface area (Å²) < 4.78 is 0. The Bertz CT molecular complexity index is 632. The largest absolute Gasteiger partial charge is 0.318 e. The molecule has 0 aliphatic rings. The molecule has 124 valence electrons. The average Bonchev–Trinajstić information content (AvgIpc) is 2.50. The first-order valence-electron chi connectivity index (χ1n) is 8.07. The highest BCUT2D eigenvalue weighted by molar-refractivity contribution is 5.72. The van der Waals surface area contributed by atoms with Gasteiger partial charge in [0.15, 0.2) is 0 Å². The average molecular weight is 309 g/mol. The Kier molecular flexibility index (Phi) is 5.96. The molecule has 1 unspecified atom stereocenters. The fourth-order valence-electron chi connectivity index (χ4n) is 2.31. The van der Waals surface area contributed by atoms with Crippen LogP contribution in [0.5, 0.6) is 0 Å². The van der Waals surface area contributed by atoms with Gasteiger partial charge < -0.3 is 5.73 Å². The Morgan fingerprint density at radius 3 is 1.91 bits per heavy atom. The molecule has 0 fully saturated rings. The van der Waals surface area contributed by atoms with E-state index in [0.29, 0.717) is 0 Å². The second kappa shape index (κ2) is 7.14. The highest BCUT2D eigenvalue weighted by Gasteiger charge is 2.36. The van der Waals surface area contributed by atoms with Gasteiger partial charge in [-0.05, 0) is 42.9 Å². The summed E-state index contributed by atoms with van der Waals surface area (Å²) in [5.41, 5.74) is 11.7. The lowest BCUT2D eigenvalue weighted by Gasteiger charge is -2.39. The van der Waals surface area contributed by atoms with Crippen molar-refractivity contribution in [2.45, 2.75) is 47.1 Å². The van der Waals surface area contributed by atoms with E-state index in [1.54, 1.807) is 0 Å². The van der Waals surface area contributed by atoms with E-state index in [0.717, 1.165) is 16.7 Å². The maximum absolute atomic E-state index is 6.59. The van der Waals surface area contributed by atoms with Crippen LogP contribution in [0.4, 0.5) is 0 Å². The van der Waals surface area contributed by atoms with Gasteiger partial charge in [0.1, 0.15) is 0 Å². The normalized spacial score (nSPS) is 14.4.